The van der Waals surface area contributed by atoms with Crippen LogP contribution in [0.5, 0.6) is 0 Å². The van der Waals surface area contributed by atoms with Crippen molar-refractivity contribution < 1.29 is 0 Å². The van der Waals surface area contributed by atoms with Crippen LogP contribution in [0.15, 0.2) is 219 Å². The molecule has 1 heterocycles. The minimum atomic E-state index is 1.01. The molecule has 0 bridgehead atoms. The van der Waals surface area contributed by atoms with Crippen molar-refractivity contribution in [2.24, 2.45) is 0 Å². The summed E-state index contributed by atoms with van der Waals surface area (Å²) in [5, 5.41) is 10.0. The van der Waals surface area contributed by atoms with E-state index in [-0.39, 0.29) is 0 Å². The number of hydrogen-bond acceptors (Lipinski definition) is 2. The van der Waals surface area contributed by atoms with Gasteiger partial charge >= 0.3 is 0 Å². The van der Waals surface area contributed by atoms with Crippen LogP contribution in [0.3, 0.4) is 0 Å². The van der Waals surface area contributed by atoms with Crippen LogP contribution in [0.4, 0.5) is 17.1 Å². The van der Waals surface area contributed by atoms with Gasteiger partial charge in [-0.05, 0) is 124 Å². The topological polar surface area (TPSA) is 16.1 Å². The molecule has 59 heavy (non-hydrogen) atoms. The van der Waals surface area contributed by atoms with Crippen LogP contribution < -0.4 is 4.90 Å². The number of fused-ring (bicyclic) bond motifs is 7. The van der Waals surface area contributed by atoms with E-state index in [1.165, 1.54) is 98.7 Å². The average Bonchev–Trinajstić information content (AvgIpc) is 3.64. The first-order valence-corrected chi connectivity index (χ1v) is 20.3. The lowest BCUT2D eigenvalue weighted by Crippen LogP contribution is -2.10. The molecular formula is C57H36N2. The maximum absolute atomic E-state index is 4.56. The number of rotatable bonds is 6. The number of benzene rings is 10. The maximum Gasteiger partial charge on any atom is 0.0645 e. The Balaban J connectivity index is 1.06. The summed E-state index contributed by atoms with van der Waals surface area (Å²) >= 11 is 0. The Morgan fingerprint density at radius 3 is 1.54 bits per heavy atom. The summed E-state index contributed by atoms with van der Waals surface area (Å²) in [6.45, 7) is 0. The number of pyridine rings is 1. The molecule has 1 aliphatic carbocycles. The molecule has 2 heteroatoms. The van der Waals surface area contributed by atoms with Gasteiger partial charge in [-0.3, -0.25) is 4.98 Å². The van der Waals surface area contributed by atoms with E-state index in [9.17, 15) is 0 Å². The van der Waals surface area contributed by atoms with Gasteiger partial charge in [0.1, 0.15) is 0 Å². The molecule has 0 saturated carbocycles. The van der Waals surface area contributed by atoms with Gasteiger partial charge in [0.05, 0.1) is 17.6 Å². The highest BCUT2D eigenvalue weighted by Crippen LogP contribution is 2.58. The fourth-order valence-electron chi connectivity index (χ4n) is 9.78. The van der Waals surface area contributed by atoms with E-state index >= 15 is 0 Å². The molecule has 0 N–H and O–H groups in total. The summed E-state index contributed by atoms with van der Waals surface area (Å²) in [6, 6.07) is 75.4. The van der Waals surface area contributed by atoms with Crippen molar-refractivity contribution in [3.8, 4) is 55.6 Å². The van der Waals surface area contributed by atoms with Gasteiger partial charge < -0.3 is 4.90 Å². The Labute approximate surface area is 342 Å². The Bertz CT molecular complexity index is 3320. The van der Waals surface area contributed by atoms with Gasteiger partial charge in [-0.1, -0.05) is 176 Å². The average molecular weight is 749 g/mol. The third kappa shape index (κ3) is 5.17. The highest BCUT2D eigenvalue weighted by molar-refractivity contribution is 6.29. The predicted octanol–water partition coefficient (Wildman–Crippen LogP) is 15.8. The Hall–Kier alpha value is -7.81. The first-order chi connectivity index (χ1) is 29.3. The van der Waals surface area contributed by atoms with Gasteiger partial charge in [-0.25, -0.2) is 0 Å². The molecule has 0 radical (unpaired) electrons. The fourth-order valence-corrected chi connectivity index (χ4v) is 9.78. The summed E-state index contributed by atoms with van der Waals surface area (Å²) in [4.78, 5) is 6.91. The van der Waals surface area contributed by atoms with Crippen LogP contribution in [0, 0.1) is 0 Å². The van der Waals surface area contributed by atoms with Gasteiger partial charge in [0.25, 0.3) is 0 Å². The van der Waals surface area contributed by atoms with Gasteiger partial charge in [-0.15, -0.1) is 0 Å². The van der Waals surface area contributed by atoms with E-state index in [1.54, 1.807) is 0 Å². The smallest absolute Gasteiger partial charge is 0.0645 e. The van der Waals surface area contributed by atoms with Crippen molar-refractivity contribution in [3.63, 3.8) is 0 Å². The van der Waals surface area contributed by atoms with Gasteiger partial charge in [0, 0.05) is 17.3 Å². The molecule has 274 valence electrons. The van der Waals surface area contributed by atoms with Gasteiger partial charge in [-0.2, -0.15) is 0 Å². The number of nitrogens with zero attached hydrogens (tertiary/aromatic N) is 2. The number of anilines is 3. The van der Waals surface area contributed by atoms with Crippen LogP contribution in [0.2, 0.25) is 0 Å². The molecule has 0 atom stereocenters. The van der Waals surface area contributed by atoms with Crippen molar-refractivity contribution >= 4 is 60.2 Å². The van der Waals surface area contributed by atoms with E-state index in [1.807, 2.05) is 18.5 Å². The Morgan fingerprint density at radius 1 is 0.322 bits per heavy atom. The summed E-state index contributed by atoms with van der Waals surface area (Å²) in [5.41, 5.74) is 15.9. The quantitative estimate of drug-likeness (QED) is 0.157. The normalized spacial score (nSPS) is 11.7. The van der Waals surface area contributed by atoms with Crippen molar-refractivity contribution in [3.05, 3.63) is 219 Å². The lowest BCUT2D eigenvalue weighted by molar-refractivity contribution is 1.24. The molecule has 0 spiro atoms. The molecule has 1 aliphatic rings. The zero-order chi connectivity index (χ0) is 38.9. The van der Waals surface area contributed by atoms with Crippen LogP contribution in [-0.4, -0.2) is 4.98 Å². The van der Waals surface area contributed by atoms with Crippen molar-refractivity contribution in [1.82, 2.24) is 4.98 Å². The molecule has 11 aromatic rings. The Morgan fingerprint density at radius 2 is 0.881 bits per heavy atom. The molecule has 1 aromatic heterocycles. The predicted molar refractivity (Wildman–Crippen MR) is 250 cm³/mol. The van der Waals surface area contributed by atoms with E-state index < -0.39 is 0 Å². The van der Waals surface area contributed by atoms with E-state index in [2.05, 4.69) is 210 Å². The molecule has 0 saturated heterocycles. The minimum Gasteiger partial charge on any atom is -0.308 e. The maximum atomic E-state index is 4.56. The minimum absolute atomic E-state index is 1.01. The fraction of sp³-hybridized carbons (Fsp3) is 0. The van der Waals surface area contributed by atoms with Gasteiger partial charge in [0.15, 0.2) is 0 Å². The molecule has 2 nitrogen and oxygen atoms in total. The molecule has 0 amide bonds. The van der Waals surface area contributed by atoms with Crippen LogP contribution in [0.1, 0.15) is 0 Å². The number of aromatic nitrogens is 1. The lowest BCUT2D eigenvalue weighted by atomic mass is 9.82. The zero-order valence-corrected chi connectivity index (χ0v) is 32.2. The molecular weight excluding hydrogens is 713 g/mol. The van der Waals surface area contributed by atoms with E-state index in [0.717, 1.165) is 17.1 Å². The van der Waals surface area contributed by atoms with E-state index in [0.29, 0.717) is 0 Å². The molecule has 12 rings (SSSR count). The van der Waals surface area contributed by atoms with Crippen LogP contribution >= 0.6 is 0 Å². The van der Waals surface area contributed by atoms with Crippen molar-refractivity contribution in [2.75, 3.05) is 4.90 Å². The third-order valence-electron chi connectivity index (χ3n) is 12.2. The van der Waals surface area contributed by atoms with Crippen molar-refractivity contribution in [2.45, 2.75) is 0 Å². The number of hydrogen-bond donors (Lipinski definition) is 0. The van der Waals surface area contributed by atoms with Crippen molar-refractivity contribution in [1.29, 1.82) is 0 Å². The standard InChI is InChI=1S/C57H36N2/c1-3-15-38(16-4-1)53-48-24-11-12-25-49(48)54(39-17-5-2-6-18-39)57-51-33-32-44(47-26-13-27-50(55(47)51)56(53)57)37-28-30-41(31-29-37)59(42-20-14-34-58-36-42)52-35-40-19-7-8-21-43(40)45-22-9-10-23-46(45)52/h1-36H. The molecule has 0 fully saturated rings. The summed E-state index contributed by atoms with van der Waals surface area (Å²) < 4.78 is 0. The lowest BCUT2D eigenvalue weighted by Gasteiger charge is -2.27. The van der Waals surface area contributed by atoms with Gasteiger partial charge in [0.2, 0.25) is 0 Å². The largest absolute Gasteiger partial charge is 0.308 e. The van der Waals surface area contributed by atoms with Crippen LogP contribution in [0.25, 0.3) is 98.7 Å². The second-order valence-electron chi connectivity index (χ2n) is 15.4. The first-order valence-electron chi connectivity index (χ1n) is 20.3. The summed E-state index contributed by atoms with van der Waals surface area (Å²) in [7, 11) is 0. The summed E-state index contributed by atoms with van der Waals surface area (Å²) in [6.07, 6.45) is 3.79. The highest BCUT2D eigenvalue weighted by Gasteiger charge is 2.31. The SMILES string of the molecule is c1ccc(-c2c3c(c(-c4ccccc4)c4ccccc24)-c2ccc(-c4ccc(N(c5cccnc5)c5cc6ccccc6c6ccccc56)cc4)c4cccc-3c24)cc1. The third-order valence-corrected chi connectivity index (χ3v) is 12.2. The highest BCUT2D eigenvalue weighted by atomic mass is 15.1. The summed E-state index contributed by atoms with van der Waals surface area (Å²) in [5.74, 6) is 0. The first kappa shape index (κ1) is 33.3. The molecule has 10 aromatic carbocycles. The zero-order valence-electron chi connectivity index (χ0n) is 32.2. The van der Waals surface area contributed by atoms with E-state index in [4.69, 9.17) is 0 Å². The second kappa shape index (κ2) is 13.4. The molecule has 0 aliphatic heterocycles. The second-order valence-corrected chi connectivity index (χ2v) is 15.4. The monoisotopic (exact) mass is 748 g/mol. The Kier molecular flexibility index (Phi) is 7.57. The van der Waals surface area contributed by atoms with Crippen LogP contribution in [-0.2, 0) is 0 Å². The molecule has 0 unspecified atom stereocenters.